The molecule has 0 rings (SSSR count). The van der Waals surface area contributed by atoms with Gasteiger partial charge in [-0.3, -0.25) is 4.79 Å². The standard InChI is InChI=1S/C9H16O3/c1-7(3-4-10)5-8(2)6-9(11)12/h4,7-8H,3,5-6H2,1-2H3,(H,11,12)/t7-,8-/m0/s1. The third-order valence-corrected chi connectivity index (χ3v) is 1.83. The summed E-state index contributed by atoms with van der Waals surface area (Å²) in [4.78, 5) is 20.4. The van der Waals surface area contributed by atoms with Crippen LogP contribution >= 0.6 is 0 Å². The summed E-state index contributed by atoms with van der Waals surface area (Å²) in [5.41, 5.74) is 0. The topological polar surface area (TPSA) is 54.4 Å². The minimum Gasteiger partial charge on any atom is -0.481 e. The molecule has 0 aliphatic heterocycles. The summed E-state index contributed by atoms with van der Waals surface area (Å²) in [6.45, 7) is 3.86. The van der Waals surface area contributed by atoms with E-state index in [9.17, 15) is 9.59 Å². The second-order valence-electron chi connectivity index (χ2n) is 3.45. The van der Waals surface area contributed by atoms with Crippen LogP contribution in [0.3, 0.4) is 0 Å². The number of carbonyl (C=O) groups is 2. The molecule has 0 spiro atoms. The van der Waals surface area contributed by atoms with E-state index in [-0.39, 0.29) is 12.3 Å². The van der Waals surface area contributed by atoms with Gasteiger partial charge in [-0.05, 0) is 18.3 Å². The lowest BCUT2D eigenvalue weighted by atomic mass is 9.93. The molecule has 0 bridgehead atoms. The predicted octanol–water partition coefficient (Wildman–Crippen LogP) is 1.71. The second kappa shape index (κ2) is 5.75. The van der Waals surface area contributed by atoms with Crippen molar-refractivity contribution in [3.63, 3.8) is 0 Å². The summed E-state index contributed by atoms with van der Waals surface area (Å²) in [6.07, 6.45) is 2.43. The fraction of sp³-hybridized carbons (Fsp3) is 0.778. The monoisotopic (exact) mass is 172 g/mol. The lowest BCUT2D eigenvalue weighted by Crippen LogP contribution is -2.08. The van der Waals surface area contributed by atoms with Crippen LogP contribution < -0.4 is 0 Å². The zero-order valence-corrected chi connectivity index (χ0v) is 7.62. The minimum atomic E-state index is -0.763. The number of hydrogen-bond donors (Lipinski definition) is 1. The Hall–Kier alpha value is -0.860. The van der Waals surface area contributed by atoms with E-state index in [1.54, 1.807) is 0 Å². The molecule has 0 radical (unpaired) electrons. The fourth-order valence-corrected chi connectivity index (χ4v) is 1.33. The highest BCUT2D eigenvalue weighted by Crippen LogP contribution is 2.16. The molecular formula is C9H16O3. The van der Waals surface area contributed by atoms with Crippen LogP contribution in [0.5, 0.6) is 0 Å². The Balaban J connectivity index is 3.59. The first kappa shape index (κ1) is 11.1. The largest absolute Gasteiger partial charge is 0.481 e. The number of rotatable bonds is 6. The van der Waals surface area contributed by atoms with E-state index < -0.39 is 5.97 Å². The maximum absolute atomic E-state index is 10.3. The van der Waals surface area contributed by atoms with Crippen molar-refractivity contribution in [2.24, 2.45) is 11.8 Å². The van der Waals surface area contributed by atoms with Crippen LogP contribution in [0.1, 0.15) is 33.1 Å². The van der Waals surface area contributed by atoms with Gasteiger partial charge in [0.15, 0.2) is 0 Å². The Bertz CT molecular complexity index is 154. The number of aliphatic carboxylic acids is 1. The van der Waals surface area contributed by atoms with Crippen molar-refractivity contribution in [2.45, 2.75) is 33.1 Å². The van der Waals surface area contributed by atoms with Gasteiger partial charge in [-0.1, -0.05) is 13.8 Å². The van der Waals surface area contributed by atoms with Gasteiger partial charge in [-0.2, -0.15) is 0 Å². The van der Waals surface area contributed by atoms with E-state index in [1.165, 1.54) is 0 Å². The molecule has 0 aliphatic rings. The maximum atomic E-state index is 10.3. The molecule has 0 saturated heterocycles. The summed E-state index contributed by atoms with van der Waals surface area (Å²) in [5, 5.41) is 8.46. The molecule has 0 aromatic rings. The van der Waals surface area contributed by atoms with Crippen molar-refractivity contribution < 1.29 is 14.7 Å². The van der Waals surface area contributed by atoms with Crippen LogP contribution in [0.25, 0.3) is 0 Å². The average Bonchev–Trinajstić information content (AvgIpc) is 1.84. The minimum absolute atomic E-state index is 0.164. The molecule has 2 atom stereocenters. The van der Waals surface area contributed by atoms with Crippen LogP contribution in [0.15, 0.2) is 0 Å². The van der Waals surface area contributed by atoms with Crippen LogP contribution in [0, 0.1) is 11.8 Å². The molecular weight excluding hydrogens is 156 g/mol. The van der Waals surface area contributed by atoms with Crippen molar-refractivity contribution in [1.82, 2.24) is 0 Å². The van der Waals surface area contributed by atoms with E-state index in [4.69, 9.17) is 5.11 Å². The molecule has 0 amide bonds. The van der Waals surface area contributed by atoms with E-state index >= 15 is 0 Å². The first-order valence-corrected chi connectivity index (χ1v) is 4.21. The van der Waals surface area contributed by atoms with Gasteiger partial charge in [-0.15, -0.1) is 0 Å². The van der Waals surface area contributed by atoms with Crippen molar-refractivity contribution >= 4 is 12.3 Å². The Morgan fingerprint density at radius 3 is 2.42 bits per heavy atom. The van der Waals surface area contributed by atoms with Gasteiger partial charge in [0.2, 0.25) is 0 Å². The molecule has 0 fully saturated rings. The molecule has 0 saturated carbocycles. The van der Waals surface area contributed by atoms with Crippen molar-refractivity contribution in [2.75, 3.05) is 0 Å². The number of hydrogen-bond acceptors (Lipinski definition) is 2. The van der Waals surface area contributed by atoms with E-state index in [1.807, 2.05) is 13.8 Å². The van der Waals surface area contributed by atoms with Crippen molar-refractivity contribution in [1.29, 1.82) is 0 Å². The van der Waals surface area contributed by atoms with Gasteiger partial charge < -0.3 is 9.90 Å². The highest BCUT2D eigenvalue weighted by atomic mass is 16.4. The second-order valence-corrected chi connectivity index (χ2v) is 3.45. The molecule has 12 heavy (non-hydrogen) atoms. The Morgan fingerprint density at radius 2 is 2.00 bits per heavy atom. The van der Waals surface area contributed by atoms with Crippen LogP contribution in [-0.4, -0.2) is 17.4 Å². The Kier molecular flexibility index (Phi) is 5.34. The normalized spacial score (nSPS) is 15.2. The summed E-state index contributed by atoms with van der Waals surface area (Å²) in [7, 11) is 0. The summed E-state index contributed by atoms with van der Waals surface area (Å²) in [5.74, 6) is -0.296. The van der Waals surface area contributed by atoms with Gasteiger partial charge in [0.1, 0.15) is 6.29 Å². The molecule has 0 aliphatic carbocycles. The lowest BCUT2D eigenvalue weighted by Gasteiger charge is -2.12. The number of aldehydes is 1. The highest BCUT2D eigenvalue weighted by Gasteiger charge is 2.11. The van der Waals surface area contributed by atoms with E-state index in [2.05, 4.69) is 0 Å². The van der Waals surface area contributed by atoms with E-state index in [0.717, 1.165) is 12.7 Å². The quantitative estimate of drug-likeness (QED) is 0.620. The summed E-state index contributed by atoms with van der Waals surface area (Å²) >= 11 is 0. The average molecular weight is 172 g/mol. The smallest absolute Gasteiger partial charge is 0.303 e. The molecule has 3 heteroatoms. The third kappa shape index (κ3) is 5.89. The third-order valence-electron chi connectivity index (χ3n) is 1.83. The predicted molar refractivity (Wildman–Crippen MR) is 45.9 cm³/mol. The zero-order chi connectivity index (χ0) is 9.56. The molecule has 0 aromatic carbocycles. The SMILES string of the molecule is C[C@H](CC(=O)O)C[C@@H](C)CC=O. The van der Waals surface area contributed by atoms with Gasteiger partial charge >= 0.3 is 5.97 Å². The lowest BCUT2D eigenvalue weighted by molar-refractivity contribution is -0.138. The van der Waals surface area contributed by atoms with Gasteiger partial charge in [0.25, 0.3) is 0 Å². The van der Waals surface area contributed by atoms with Gasteiger partial charge in [-0.25, -0.2) is 0 Å². The molecule has 0 heterocycles. The fourth-order valence-electron chi connectivity index (χ4n) is 1.33. The molecule has 0 aromatic heterocycles. The number of carboxylic acids is 1. The maximum Gasteiger partial charge on any atom is 0.303 e. The first-order valence-electron chi connectivity index (χ1n) is 4.21. The number of carbonyl (C=O) groups excluding carboxylic acids is 1. The molecule has 70 valence electrons. The van der Waals surface area contributed by atoms with Gasteiger partial charge in [0, 0.05) is 12.8 Å². The van der Waals surface area contributed by atoms with Crippen molar-refractivity contribution in [3.8, 4) is 0 Å². The highest BCUT2D eigenvalue weighted by molar-refractivity contribution is 5.66. The Morgan fingerprint density at radius 1 is 1.42 bits per heavy atom. The summed E-state index contributed by atoms with van der Waals surface area (Å²) in [6, 6.07) is 0. The molecule has 0 unspecified atom stereocenters. The van der Waals surface area contributed by atoms with E-state index in [0.29, 0.717) is 12.3 Å². The Labute approximate surface area is 72.8 Å². The molecule has 1 N–H and O–H groups in total. The molecule has 3 nitrogen and oxygen atoms in total. The van der Waals surface area contributed by atoms with Crippen molar-refractivity contribution in [3.05, 3.63) is 0 Å². The van der Waals surface area contributed by atoms with Crippen LogP contribution in [0.2, 0.25) is 0 Å². The van der Waals surface area contributed by atoms with Crippen LogP contribution in [-0.2, 0) is 9.59 Å². The summed E-state index contributed by atoms with van der Waals surface area (Å²) < 4.78 is 0. The first-order chi connectivity index (χ1) is 5.56. The number of carboxylic acid groups (broad SMARTS) is 1. The van der Waals surface area contributed by atoms with Gasteiger partial charge in [0.05, 0.1) is 0 Å². The van der Waals surface area contributed by atoms with Crippen LogP contribution in [0.4, 0.5) is 0 Å². The zero-order valence-electron chi connectivity index (χ0n) is 7.62.